The molecular formula is C11H16N2O. The maximum Gasteiger partial charge on any atom is 0.213 e. The molecule has 3 nitrogen and oxygen atoms in total. The van der Waals surface area contributed by atoms with Gasteiger partial charge in [-0.05, 0) is 24.1 Å². The van der Waals surface area contributed by atoms with E-state index in [9.17, 15) is 4.79 Å². The third-order valence-electron chi connectivity index (χ3n) is 2.33. The SMILES string of the molecule is CC[C@@H](N)c1ccc(N(C)C=O)cc1. The molecule has 0 bridgehead atoms. The first kappa shape index (κ1) is 10.7. The summed E-state index contributed by atoms with van der Waals surface area (Å²) in [7, 11) is 1.72. The van der Waals surface area contributed by atoms with Gasteiger partial charge in [-0.2, -0.15) is 0 Å². The van der Waals surface area contributed by atoms with E-state index in [0.717, 1.165) is 24.1 Å². The van der Waals surface area contributed by atoms with Crippen LogP contribution in [0.25, 0.3) is 0 Å². The molecule has 0 aromatic heterocycles. The molecule has 1 aromatic rings. The molecule has 1 rings (SSSR count). The lowest BCUT2D eigenvalue weighted by atomic mass is 10.1. The summed E-state index contributed by atoms with van der Waals surface area (Å²) in [5.74, 6) is 0. The molecule has 3 heteroatoms. The van der Waals surface area contributed by atoms with Crippen molar-refractivity contribution in [3.8, 4) is 0 Å². The van der Waals surface area contributed by atoms with Crippen molar-refractivity contribution in [1.82, 2.24) is 0 Å². The van der Waals surface area contributed by atoms with E-state index in [2.05, 4.69) is 6.92 Å². The lowest BCUT2D eigenvalue weighted by Crippen LogP contribution is -2.14. The van der Waals surface area contributed by atoms with Gasteiger partial charge in [0.15, 0.2) is 0 Å². The van der Waals surface area contributed by atoms with Crippen LogP contribution in [0, 0.1) is 0 Å². The lowest BCUT2D eigenvalue weighted by Gasteiger charge is -2.13. The molecule has 14 heavy (non-hydrogen) atoms. The Bertz CT molecular complexity index is 295. The predicted octanol–water partition coefficient (Wildman–Crippen LogP) is 1.69. The second-order valence-corrected chi connectivity index (χ2v) is 3.32. The Morgan fingerprint density at radius 2 is 2.00 bits per heavy atom. The smallest absolute Gasteiger partial charge is 0.213 e. The highest BCUT2D eigenvalue weighted by Gasteiger charge is 2.03. The van der Waals surface area contributed by atoms with Crippen LogP contribution in [0.2, 0.25) is 0 Å². The maximum absolute atomic E-state index is 10.5. The minimum absolute atomic E-state index is 0.0885. The lowest BCUT2D eigenvalue weighted by molar-refractivity contribution is -0.107. The Balaban J connectivity index is 2.83. The largest absolute Gasteiger partial charge is 0.324 e. The number of rotatable bonds is 4. The fourth-order valence-electron chi connectivity index (χ4n) is 1.25. The van der Waals surface area contributed by atoms with E-state index in [4.69, 9.17) is 5.73 Å². The van der Waals surface area contributed by atoms with Crippen molar-refractivity contribution in [2.45, 2.75) is 19.4 Å². The molecule has 0 spiro atoms. The van der Waals surface area contributed by atoms with E-state index in [1.807, 2.05) is 24.3 Å². The fourth-order valence-corrected chi connectivity index (χ4v) is 1.25. The number of nitrogens with zero attached hydrogens (tertiary/aromatic N) is 1. The van der Waals surface area contributed by atoms with Crippen molar-refractivity contribution in [3.63, 3.8) is 0 Å². The third-order valence-corrected chi connectivity index (χ3v) is 2.33. The molecule has 0 saturated heterocycles. The van der Waals surface area contributed by atoms with Crippen molar-refractivity contribution in [3.05, 3.63) is 29.8 Å². The van der Waals surface area contributed by atoms with Crippen LogP contribution in [0.4, 0.5) is 5.69 Å². The van der Waals surface area contributed by atoms with Gasteiger partial charge in [0.1, 0.15) is 0 Å². The molecule has 1 atom stereocenters. The van der Waals surface area contributed by atoms with Gasteiger partial charge in [-0.3, -0.25) is 4.79 Å². The number of anilines is 1. The highest BCUT2D eigenvalue weighted by Crippen LogP contribution is 2.18. The summed E-state index contributed by atoms with van der Waals surface area (Å²) in [6.07, 6.45) is 1.71. The van der Waals surface area contributed by atoms with Gasteiger partial charge in [0.2, 0.25) is 6.41 Å². The molecule has 1 amide bonds. The fraction of sp³-hybridized carbons (Fsp3) is 0.364. The van der Waals surface area contributed by atoms with Crippen molar-refractivity contribution >= 4 is 12.1 Å². The van der Waals surface area contributed by atoms with E-state index in [1.165, 1.54) is 4.90 Å². The molecule has 76 valence electrons. The van der Waals surface area contributed by atoms with Crippen molar-refractivity contribution in [2.75, 3.05) is 11.9 Å². The summed E-state index contributed by atoms with van der Waals surface area (Å²) in [5, 5.41) is 0. The standard InChI is InChI=1S/C11H16N2O/c1-3-11(12)9-4-6-10(7-5-9)13(2)8-14/h4-8,11H,3,12H2,1-2H3/t11-/m1/s1. The van der Waals surface area contributed by atoms with Gasteiger partial charge >= 0.3 is 0 Å². The van der Waals surface area contributed by atoms with Gasteiger partial charge in [-0.1, -0.05) is 19.1 Å². The van der Waals surface area contributed by atoms with Gasteiger partial charge in [-0.25, -0.2) is 0 Å². The highest BCUT2D eigenvalue weighted by molar-refractivity contribution is 5.74. The molecule has 0 heterocycles. The van der Waals surface area contributed by atoms with Gasteiger partial charge in [0.05, 0.1) is 0 Å². The van der Waals surface area contributed by atoms with Crippen LogP contribution in [0.1, 0.15) is 24.9 Å². The second-order valence-electron chi connectivity index (χ2n) is 3.32. The van der Waals surface area contributed by atoms with Crippen LogP contribution in [0.15, 0.2) is 24.3 Å². The number of hydrogen-bond donors (Lipinski definition) is 1. The first-order valence-electron chi connectivity index (χ1n) is 4.72. The van der Waals surface area contributed by atoms with Crippen molar-refractivity contribution in [1.29, 1.82) is 0 Å². The van der Waals surface area contributed by atoms with Gasteiger partial charge in [0.25, 0.3) is 0 Å². The number of amides is 1. The zero-order chi connectivity index (χ0) is 10.6. The summed E-state index contributed by atoms with van der Waals surface area (Å²) in [6, 6.07) is 7.82. The van der Waals surface area contributed by atoms with Crippen LogP contribution < -0.4 is 10.6 Å². The molecule has 0 unspecified atom stereocenters. The molecule has 1 aromatic carbocycles. The Morgan fingerprint density at radius 1 is 1.43 bits per heavy atom. The molecule has 0 aliphatic carbocycles. The first-order chi connectivity index (χ1) is 6.69. The minimum atomic E-state index is 0.0885. The van der Waals surface area contributed by atoms with E-state index in [1.54, 1.807) is 7.05 Å². The summed E-state index contributed by atoms with van der Waals surface area (Å²) < 4.78 is 0. The molecule has 0 aliphatic heterocycles. The molecule has 2 N–H and O–H groups in total. The van der Waals surface area contributed by atoms with Crippen LogP contribution in [-0.4, -0.2) is 13.5 Å². The quantitative estimate of drug-likeness (QED) is 0.738. The second kappa shape index (κ2) is 4.77. The van der Waals surface area contributed by atoms with Crippen LogP contribution >= 0.6 is 0 Å². The summed E-state index contributed by atoms with van der Waals surface area (Å²) in [5.41, 5.74) is 7.86. The predicted molar refractivity (Wildman–Crippen MR) is 58.1 cm³/mol. The van der Waals surface area contributed by atoms with E-state index < -0.39 is 0 Å². The number of carbonyl (C=O) groups is 1. The topological polar surface area (TPSA) is 46.3 Å². The van der Waals surface area contributed by atoms with Gasteiger partial charge < -0.3 is 10.6 Å². The Hall–Kier alpha value is -1.35. The van der Waals surface area contributed by atoms with Crippen LogP contribution in [0.3, 0.4) is 0 Å². The van der Waals surface area contributed by atoms with Gasteiger partial charge in [-0.15, -0.1) is 0 Å². The van der Waals surface area contributed by atoms with Crippen LogP contribution in [0.5, 0.6) is 0 Å². The number of benzene rings is 1. The number of hydrogen-bond acceptors (Lipinski definition) is 2. The van der Waals surface area contributed by atoms with E-state index in [-0.39, 0.29) is 6.04 Å². The van der Waals surface area contributed by atoms with Crippen molar-refractivity contribution < 1.29 is 4.79 Å². The Kier molecular flexibility index (Phi) is 3.65. The molecule has 0 radical (unpaired) electrons. The summed E-state index contributed by atoms with van der Waals surface area (Å²) in [6.45, 7) is 2.05. The van der Waals surface area contributed by atoms with Gasteiger partial charge in [0, 0.05) is 18.8 Å². The average Bonchev–Trinajstić information content (AvgIpc) is 2.27. The third kappa shape index (κ3) is 2.33. The highest BCUT2D eigenvalue weighted by atomic mass is 16.1. The monoisotopic (exact) mass is 192 g/mol. The number of carbonyl (C=O) groups excluding carboxylic acids is 1. The Labute approximate surface area is 84.5 Å². The van der Waals surface area contributed by atoms with E-state index >= 15 is 0 Å². The zero-order valence-corrected chi connectivity index (χ0v) is 8.60. The molecule has 0 saturated carbocycles. The Morgan fingerprint density at radius 3 is 2.43 bits per heavy atom. The van der Waals surface area contributed by atoms with Crippen LogP contribution in [-0.2, 0) is 4.79 Å². The summed E-state index contributed by atoms with van der Waals surface area (Å²) in [4.78, 5) is 12.0. The molecule has 0 aliphatic rings. The minimum Gasteiger partial charge on any atom is -0.324 e. The average molecular weight is 192 g/mol. The van der Waals surface area contributed by atoms with Crippen molar-refractivity contribution in [2.24, 2.45) is 5.73 Å². The first-order valence-corrected chi connectivity index (χ1v) is 4.72. The zero-order valence-electron chi connectivity index (χ0n) is 8.60. The molecular weight excluding hydrogens is 176 g/mol. The number of nitrogens with two attached hydrogens (primary N) is 1. The van der Waals surface area contributed by atoms with E-state index in [0.29, 0.717) is 0 Å². The normalized spacial score (nSPS) is 12.2. The summed E-state index contributed by atoms with van der Waals surface area (Å²) >= 11 is 0. The maximum atomic E-state index is 10.5. The molecule has 0 fully saturated rings.